The first-order valence-electron chi connectivity index (χ1n) is 6.24. The first-order valence-corrected chi connectivity index (χ1v) is 7.03. The third kappa shape index (κ3) is 4.56. The number of ether oxygens (including phenoxy) is 1. The highest BCUT2D eigenvalue weighted by Crippen LogP contribution is 2.17. The van der Waals surface area contributed by atoms with E-state index in [1.54, 1.807) is 0 Å². The molecule has 2 rings (SSSR count). The van der Waals surface area contributed by atoms with Gasteiger partial charge in [-0.15, -0.1) is 0 Å². The largest absolute Gasteiger partial charge is 0.452 e. The first-order chi connectivity index (χ1) is 10.9. The fourth-order valence-electron chi connectivity index (χ4n) is 1.64. The smallest absolute Gasteiger partial charge is 0.341 e. The van der Waals surface area contributed by atoms with Gasteiger partial charge in [0.15, 0.2) is 6.61 Å². The van der Waals surface area contributed by atoms with Gasteiger partial charge in [-0.2, -0.15) is 0 Å². The van der Waals surface area contributed by atoms with E-state index in [2.05, 4.69) is 20.7 Å². The summed E-state index contributed by atoms with van der Waals surface area (Å²) in [5.41, 5.74) is -0.737. The average molecular weight is 388 g/mol. The Morgan fingerprint density at radius 3 is 2.48 bits per heavy atom. The Bertz CT molecular complexity index is 768. The number of esters is 1. The fourth-order valence-corrected chi connectivity index (χ4v) is 1.98. The Balaban J connectivity index is 1.96. The van der Waals surface area contributed by atoms with Crippen LogP contribution in [-0.4, -0.2) is 18.5 Å². The molecule has 2 aromatic rings. The van der Waals surface area contributed by atoms with Crippen molar-refractivity contribution in [2.45, 2.75) is 0 Å². The van der Waals surface area contributed by atoms with Crippen LogP contribution in [0.15, 0.2) is 40.9 Å². The van der Waals surface area contributed by atoms with E-state index in [0.717, 1.165) is 24.3 Å². The van der Waals surface area contributed by atoms with Gasteiger partial charge >= 0.3 is 5.97 Å². The minimum absolute atomic E-state index is 0.349. The van der Waals surface area contributed by atoms with Crippen molar-refractivity contribution in [1.29, 1.82) is 0 Å². The summed E-state index contributed by atoms with van der Waals surface area (Å²) in [6.45, 7) is -0.774. The fraction of sp³-hybridized carbons (Fsp3) is 0.0667. The maximum atomic E-state index is 13.5. The van der Waals surface area contributed by atoms with Gasteiger partial charge in [0.2, 0.25) is 0 Å². The first kappa shape index (κ1) is 17.0. The lowest BCUT2D eigenvalue weighted by Gasteiger charge is -2.08. The Hall–Kier alpha value is -2.35. The molecule has 1 N–H and O–H groups in total. The molecule has 120 valence electrons. The van der Waals surface area contributed by atoms with Gasteiger partial charge in [-0.1, -0.05) is 15.9 Å². The number of anilines is 1. The molecule has 0 fully saturated rings. The number of benzene rings is 2. The van der Waals surface area contributed by atoms with Crippen molar-refractivity contribution < 1.29 is 27.5 Å². The highest BCUT2D eigenvalue weighted by Gasteiger charge is 2.16. The van der Waals surface area contributed by atoms with Crippen molar-refractivity contribution in [3.8, 4) is 0 Å². The zero-order valence-corrected chi connectivity index (χ0v) is 13.0. The molecule has 0 spiro atoms. The predicted molar refractivity (Wildman–Crippen MR) is 79.4 cm³/mol. The minimum Gasteiger partial charge on any atom is -0.452 e. The van der Waals surface area contributed by atoms with Gasteiger partial charge in [0, 0.05) is 10.5 Å². The molecule has 0 aliphatic heterocycles. The van der Waals surface area contributed by atoms with E-state index < -0.39 is 35.9 Å². The summed E-state index contributed by atoms with van der Waals surface area (Å²) in [6, 6.07) is 6.20. The lowest BCUT2D eigenvalue weighted by molar-refractivity contribution is -0.119. The zero-order valence-electron chi connectivity index (χ0n) is 11.4. The maximum absolute atomic E-state index is 13.5. The van der Waals surface area contributed by atoms with E-state index in [1.165, 1.54) is 12.1 Å². The van der Waals surface area contributed by atoms with Crippen LogP contribution in [0.3, 0.4) is 0 Å². The van der Waals surface area contributed by atoms with Crippen LogP contribution < -0.4 is 5.32 Å². The molecule has 0 unspecified atom stereocenters. The lowest BCUT2D eigenvalue weighted by Crippen LogP contribution is -2.22. The number of halogens is 4. The molecule has 0 aromatic heterocycles. The van der Waals surface area contributed by atoms with Gasteiger partial charge in [0.25, 0.3) is 5.91 Å². The van der Waals surface area contributed by atoms with Crippen molar-refractivity contribution in [2.24, 2.45) is 0 Å². The van der Waals surface area contributed by atoms with E-state index in [9.17, 15) is 22.8 Å². The van der Waals surface area contributed by atoms with E-state index in [4.69, 9.17) is 0 Å². The number of amides is 1. The second kappa shape index (κ2) is 7.28. The third-order valence-corrected chi connectivity index (χ3v) is 3.18. The second-order valence-electron chi connectivity index (χ2n) is 4.37. The normalized spacial score (nSPS) is 10.3. The van der Waals surface area contributed by atoms with Crippen LogP contribution in [0.25, 0.3) is 0 Å². The lowest BCUT2D eigenvalue weighted by atomic mass is 10.2. The van der Waals surface area contributed by atoms with Crippen LogP contribution in [0.5, 0.6) is 0 Å². The Labute approximate surface area is 137 Å². The predicted octanol–water partition coefficient (Wildman–Crippen LogP) is 3.66. The molecular formula is C15H9BrF3NO3. The SMILES string of the molecule is O=C(COC(=O)c1ccc(Br)cc1F)Nc1cc(F)ccc1F. The number of hydrogen-bond donors (Lipinski definition) is 1. The van der Waals surface area contributed by atoms with Crippen LogP contribution in [0, 0.1) is 17.5 Å². The Morgan fingerprint density at radius 1 is 1.04 bits per heavy atom. The number of rotatable bonds is 4. The summed E-state index contributed by atoms with van der Waals surface area (Å²) >= 11 is 3.03. The summed E-state index contributed by atoms with van der Waals surface area (Å²) in [7, 11) is 0. The summed E-state index contributed by atoms with van der Waals surface area (Å²) in [5, 5.41) is 2.05. The molecule has 0 radical (unpaired) electrons. The van der Waals surface area contributed by atoms with Gasteiger partial charge in [-0.25, -0.2) is 18.0 Å². The number of carbonyl (C=O) groups excluding carboxylic acids is 2. The minimum atomic E-state index is -1.05. The molecule has 0 aliphatic carbocycles. The molecule has 0 bridgehead atoms. The molecular weight excluding hydrogens is 379 g/mol. The molecule has 23 heavy (non-hydrogen) atoms. The van der Waals surface area contributed by atoms with Crippen LogP contribution in [-0.2, 0) is 9.53 Å². The van der Waals surface area contributed by atoms with Crippen molar-refractivity contribution in [1.82, 2.24) is 0 Å². The van der Waals surface area contributed by atoms with E-state index in [-0.39, 0.29) is 11.3 Å². The van der Waals surface area contributed by atoms with Gasteiger partial charge in [0.1, 0.15) is 17.5 Å². The zero-order chi connectivity index (χ0) is 17.0. The van der Waals surface area contributed by atoms with Gasteiger partial charge in [-0.05, 0) is 30.3 Å². The van der Waals surface area contributed by atoms with E-state index in [1.807, 2.05) is 5.32 Å². The number of hydrogen-bond acceptors (Lipinski definition) is 3. The Morgan fingerprint density at radius 2 is 1.78 bits per heavy atom. The third-order valence-electron chi connectivity index (χ3n) is 2.69. The van der Waals surface area contributed by atoms with Gasteiger partial charge < -0.3 is 10.1 Å². The van der Waals surface area contributed by atoms with E-state index >= 15 is 0 Å². The Kier molecular flexibility index (Phi) is 5.38. The molecule has 0 saturated heterocycles. The maximum Gasteiger partial charge on any atom is 0.341 e. The van der Waals surface area contributed by atoms with Crippen LogP contribution >= 0.6 is 15.9 Å². The molecule has 8 heteroatoms. The standard InChI is InChI=1S/C15H9BrF3NO3/c16-8-1-3-10(12(19)5-8)15(22)23-7-14(21)20-13-6-9(17)2-4-11(13)18/h1-6H,7H2,(H,20,21). The highest BCUT2D eigenvalue weighted by atomic mass is 79.9. The molecule has 0 heterocycles. The molecule has 0 aliphatic rings. The molecule has 0 atom stereocenters. The van der Waals surface area contributed by atoms with Crippen molar-refractivity contribution in [3.63, 3.8) is 0 Å². The average Bonchev–Trinajstić information content (AvgIpc) is 2.48. The molecule has 0 saturated carbocycles. The van der Waals surface area contributed by atoms with E-state index in [0.29, 0.717) is 4.47 Å². The monoisotopic (exact) mass is 387 g/mol. The highest BCUT2D eigenvalue weighted by molar-refractivity contribution is 9.10. The van der Waals surface area contributed by atoms with Crippen LogP contribution in [0.2, 0.25) is 0 Å². The van der Waals surface area contributed by atoms with Crippen LogP contribution in [0.1, 0.15) is 10.4 Å². The molecule has 4 nitrogen and oxygen atoms in total. The van der Waals surface area contributed by atoms with Gasteiger partial charge in [0.05, 0.1) is 11.3 Å². The summed E-state index contributed by atoms with van der Waals surface area (Å²) in [4.78, 5) is 23.2. The summed E-state index contributed by atoms with van der Waals surface area (Å²) in [6.07, 6.45) is 0. The van der Waals surface area contributed by atoms with Crippen molar-refractivity contribution in [2.75, 3.05) is 11.9 Å². The number of nitrogens with one attached hydrogen (secondary N) is 1. The van der Waals surface area contributed by atoms with Crippen LogP contribution in [0.4, 0.5) is 18.9 Å². The van der Waals surface area contributed by atoms with Crippen molar-refractivity contribution in [3.05, 3.63) is 63.9 Å². The number of carbonyl (C=O) groups is 2. The molecule has 2 aromatic carbocycles. The topological polar surface area (TPSA) is 55.4 Å². The van der Waals surface area contributed by atoms with Gasteiger partial charge in [-0.3, -0.25) is 4.79 Å². The summed E-state index contributed by atoms with van der Waals surface area (Å²) < 4.78 is 44.9. The molecule has 1 amide bonds. The quantitative estimate of drug-likeness (QED) is 0.814. The summed E-state index contributed by atoms with van der Waals surface area (Å²) in [5.74, 6) is -4.34. The second-order valence-corrected chi connectivity index (χ2v) is 5.29. The van der Waals surface area contributed by atoms with Crippen molar-refractivity contribution >= 4 is 33.5 Å².